The lowest BCUT2D eigenvalue weighted by molar-refractivity contribution is 0.0982. The summed E-state index contributed by atoms with van der Waals surface area (Å²) >= 11 is 0. The Kier molecular flexibility index (Phi) is 9.13. The average Bonchev–Trinajstić information content (AvgIpc) is 2.73. The molecular weight excluding hydrogens is 432 g/mol. The van der Waals surface area contributed by atoms with Crippen LogP contribution in [0.25, 0.3) is 10.9 Å². The molecule has 0 amide bonds. The van der Waals surface area contributed by atoms with Crippen LogP contribution in [0.1, 0.15) is 35.7 Å². The number of aliphatic hydroxyl groups is 1. The molecule has 0 aliphatic heterocycles. The van der Waals surface area contributed by atoms with Crippen LogP contribution in [-0.4, -0.2) is 48.3 Å². The number of aryl methyl sites for hydroxylation is 1. The molecule has 0 saturated heterocycles. The van der Waals surface area contributed by atoms with Crippen molar-refractivity contribution in [3.05, 3.63) is 59.8 Å². The first-order valence-electron chi connectivity index (χ1n) is 10.1. The monoisotopic (exact) mass is 460 g/mol. The molecule has 9 heteroatoms. The van der Waals surface area contributed by atoms with Gasteiger partial charge in [0.05, 0.1) is 24.1 Å². The van der Waals surface area contributed by atoms with Crippen molar-refractivity contribution in [3.63, 3.8) is 0 Å². The molecule has 2 aromatic carbocycles. The van der Waals surface area contributed by atoms with Gasteiger partial charge in [0.1, 0.15) is 17.9 Å². The van der Waals surface area contributed by atoms with Crippen molar-refractivity contribution in [2.45, 2.75) is 26.7 Å². The highest BCUT2D eigenvalue weighted by molar-refractivity contribution is 7.85. The number of carbonyl (C=O) groups is 1. The Bertz CT molecular complexity index is 1170. The molecule has 0 atom stereocenters. The summed E-state index contributed by atoms with van der Waals surface area (Å²) in [6.07, 6.45) is 3.58. The summed E-state index contributed by atoms with van der Waals surface area (Å²) in [7, 11) is -3.67. The topological polar surface area (TPSA) is 126 Å². The first-order chi connectivity index (χ1) is 15.2. The number of ether oxygens (including phenoxy) is 1. The average molecular weight is 461 g/mol. The molecule has 1 aromatic heterocycles. The van der Waals surface area contributed by atoms with E-state index in [0.29, 0.717) is 29.5 Å². The number of fused-ring (bicyclic) bond motifs is 1. The van der Waals surface area contributed by atoms with Gasteiger partial charge in [-0.1, -0.05) is 37.3 Å². The van der Waals surface area contributed by atoms with Crippen LogP contribution in [0.5, 0.6) is 5.75 Å². The number of Topliss-reactive ketones (excluding diaryl/α,β-unsaturated/α-hetero) is 1. The number of pyridine rings is 1. The number of nitrogens with zero attached hydrogens (tertiary/aromatic N) is 1. The fraction of sp³-hybridized carbons (Fsp3) is 0.304. The Balaban J connectivity index is 0.000000654. The molecule has 172 valence electrons. The van der Waals surface area contributed by atoms with Gasteiger partial charge in [-0.25, -0.2) is 0 Å². The third kappa shape index (κ3) is 7.30. The summed E-state index contributed by atoms with van der Waals surface area (Å²) in [4.78, 5) is 17.2. The second-order valence-corrected chi connectivity index (χ2v) is 8.58. The van der Waals surface area contributed by atoms with Gasteiger partial charge in [-0.15, -0.1) is 0 Å². The Labute approximate surface area is 188 Å². The Morgan fingerprint density at radius 1 is 1.16 bits per heavy atom. The molecule has 0 saturated carbocycles. The molecule has 32 heavy (non-hydrogen) atoms. The van der Waals surface area contributed by atoms with Crippen LogP contribution in [0.4, 0.5) is 11.4 Å². The minimum absolute atomic E-state index is 0.0599. The molecule has 0 fully saturated rings. The summed E-state index contributed by atoms with van der Waals surface area (Å²) < 4.78 is 31.5. The number of hydrogen-bond acceptors (Lipinski definition) is 7. The number of hydrogen-bond donors (Lipinski definition) is 3. The number of carbonyl (C=O) groups excluding carboxylic acids is 1. The van der Waals surface area contributed by atoms with Gasteiger partial charge in [0, 0.05) is 23.7 Å². The summed E-state index contributed by atoms with van der Waals surface area (Å²) in [6, 6.07) is 13.6. The molecule has 0 bridgehead atoms. The minimum Gasteiger partial charge on any atom is -0.489 e. The van der Waals surface area contributed by atoms with Crippen LogP contribution in [0.3, 0.4) is 0 Å². The SMILES string of the molecule is CCCC(=O)c1cnc2c(OCCO)cccc2c1Nc1ccccc1C.CS(=O)(=O)O. The van der Waals surface area contributed by atoms with E-state index in [-0.39, 0.29) is 19.0 Å². The quantitative estimate of drug-likeness (QED) is 0.338. The lowest BCUT2D eigenvalue weighted by atomic mass is 10.0. The third-order valence-electron chi connectivity index (χ3n) is 4.39. The van der Waals surface area contributed by atoms with Crippen LogP contribution in [0.2, 0.25) is 0 Å². The number of nitrogens with one attached hydrogen (secondary N) is 1. The lowest BCUT2D eigenvalue weighted by Gasteiger charge is -2.17. The summed E-state index contributed by atoms with van der Waals surface area (Å²) in [6.45, 7) is 4.13. The van der Waals surface area contributed by atoms with Crippen molar-refractivity contribution in [3.8, 4) is 5.75 Å². The molecule has 3 N–H and O–H groups in total. The van der Waals surface area contributed by atoms with Crippen LogP contribution in [0, 0.1) is 6.92 Å². The van der Waals surface area contributed by atoms with E-state index in [9.17, 15) is 13.2 Å². The van der Waals surface area contributed by atoms with Gasteiger partial charge in [-0.3, -0.25) is 14.3 Å². The Morgan fingerprint density at radius 2 is 1.84 bits per heavy atom. The van der Waals surface area contributed by atoms with E-state index in [2.05, 4.69) is 10.3 Å². The van der Waals surface area contributed by atoms with E-state index in [0.717, 1.165) is 28.7 Å². The molecule has 3 aromatic rings. The molecule has 0 unspecified atom stereocenters. The number of anilines is 2. The summed E-state index contributed by atoms with van der Waals surface area (Å²) in [5.41, 5.74) is 4.01. The van der Waals surface area contributed by atoms with Crippen molar-refractivity contribution >= 4 is 38.2 Å². The fourth-order valence-electron chi connectivity index (χ4n) is 3.02. The van der Waals surface area contributed by atoms with Crippen LogP contribution >= 0.6 is 0 Å². The molecule has 0 radical (unpaired) electrons. The van der Waals surface area contributed by atoms with E-state index in [4.69, 9.17) is 14.4 Å². The van der Waals surface area contributed by atoms with Crippen molar-refractivity contribution in [2.24, 2.45) is 0 Å². The molecule has 3 rings (SSSR count). The largest absolute Gasteiger partial charge is 0.489 e. The maximum Gasteiger partial charge on any atom is 0.261 e. The Morgan fingerprint density at radius 3 is 2.47 bits per heavy atom. The zero-order valence-corrected chi connectivity index (χ0v) is 19.1. The van der Waals surface area contributed by atoms with Gasteiger partial charge in [0.25, 0.3) is 10.1 Å². The van der Waals surface area contributed by atoms with Gasteiger partial charge in [-0.05, 0) is 31.0 Å². The standard InChI is InChI=1S/C22H24N2O3.CH4O3S/c1-3-7-19(26)17-14-23-22-16(9-6-11-20(22)27-13-12-25)21(17)24-18-10-5-4-8-15(18)2;1-5(2,3)4/h4-6,8-11,14,25H,3,7,12-13H2,1-2H3,(H,23,24);1H3,(H,2,3,4). The highest BCUT2D eigenvalue weighted by Crippen LogP contribution is 2.34. The zero-order valence-electron chi connectivity index (χ0n) is 18.3. The number of aromatic nitrogens is 1. The van der Waals surface area contributed by atoms with Crippen molar-refractivity contribution in [1.82, 2.24) is 4.98 Å². The predicted octanol–water partition coefficient (Wildman–Crippen LogP) is 4.14. The molecule has 8 nitrogen and oxygen atoms in total. The van der Waals surface area contributed by atoms with Crippen molar-refractivity contribution < 1.29 is 27.6 Å². The van der Waals surface area contributed by atoms with Crippen LogP contribution < -0.4 is 10.1 Å². The van der Waals surface area contributed by atoms with Gasteiger partial charge in [0.15, 0.2) is 5.78 Å². The van der Waals surface area contributed by atoms with Crippen LogP contribution in [0.15, 0.2) is 48.7 Å². The van der Waals surface area contributed by atoms with Gasteiger partial charge in [-0.2, -0.15) is 8.42 Å². The number of ketones is 1. The normalized spacial score (nSPS) is 10.9. The molecule has 1 heterocycles. The third-order valence-corrected chi connectivity index (χ3v) is 4.39. The Hall–Kier alpha value is -3.01. The highest BCUT2D eigenvalue weighted by Gasteiger charge is 2.17. The minimum atomic E-state index is -3.67. The molecule has 0 aliphatic rings. The second-order valence-electron chi connectivity index (χ2n) is 7.12. The van der Waals surface area contributed by atoms with Crippen molar-refractivity contribution in [1.29, 1.82) is 0 Å². The summed E-state index contributed by atoms with van der Waals surface area (Å²) in [5.74, 6) is 0.647. The second kappa shape index (κ2) is 11.6. The van der Waals surface area contributed by atoms with E-state index in [1.165, 1.54) is 0 Å². The van der Waals surface area contributed by atoms with Gasteiger partial charge < -0.3 is 15.2 Å². The number of rotatable bonds is 8. The maximum atomic E-state index is 12.7. The zero-order chi connectivity index (χ0) is 23.7. The van der Waals surface area contributed by atoms with E-state index in [1.54, 1.807) is 6.20 Å². The summed E-state index contributed by atoms with van der Waals surface area (Å²) in [5, 5.41) is 13.3. The van der Waals surface area contributed by atoms with Crippen molar-refractivity contribution in [2.75, 3.05) is 24.8 Å². The first-order valence-corrected chi connectivity index (χ1v) is 11.9. The number of para-hydroxylation sites is 2. The smallest absolute Gasteiger partial charge is 0.261 e. The van der Waals surface area contributed by atoms with E-state index < -0.39 is 10.1 Å². The van der Waals surface area contributed by atoms with Gasteiger partial charge in [0.2, 0.25) is 0 Å². The van der Waals surface area contributed by atoms with Gasteiger partial charge >= 0.3 is 0 Å². The molecule has 0 aliphatic carbocycles. The lowest BCUT2D eigenvalue weighted by Crippen LogP contribution is -2.07. The van der Waals surface area contributed by atoms with E-state index in [1.807, 2.05) is 56.3 Å². The number of benzene rings is 2. The maximum absolute atomic E-state index is 12.7. The number of aliphatic hydroxyl groups excluding tert-OH is 1. The van der Waals surface area contributed by atoms with Crippen LogP contribution in [-0.2, 0) is 10.1 Å². The molecule has 0 spiro atoms. The fourth-order valence-corrected chi connectivity index (χ4v) is 3.02. The highest BCUT2D eigenvalue weighted by atomic mass is 32.2. The molecular formula is C23H28N2O6S. The van der Waals surface area contributed by atoms with E-state index >= 15 is 0 Å². The first kappa shape index (κ1) is 25.3. The predicted molar refractivity (Wildman–Crippen MR) is 125 cm³/mol.